The molecule has 0 amide bonds. The Morgan fingerprint density at radius 1 is 1.64 bits per heavy atom. The minimum atomic E-state index is -0.399. The predicted octanol–water partition coefficient (Wildman–Crippen LogP) is 1.49. The molecule has 3 nitrogen and oxygen atoms in total. The van der Waals surface area contributed by atoms with E-state index in [9.17, 15) is 0 Å². The van der Waals surface area contributed by atoms with E-state index in [1.807, 2.05) is 0 Å². The molecule has 0 saturated heterocycles. The number of halogens is 1. The number of hydrogen-bond acceptors (Lipinski definition) is 3. The van der Waals surface area contributed by atoms with Gasteiger partial charge in [0.25, 0.3) is 0 Å². The first kappa shape index (κ1) is 10.9. The molecule has 1 rings (SSSR count). The third-order valence-corrected chi connectivity index (χ3v) is 2.07. The van der Waals surface area contributed by atoms with E-state index in [2.05, 4.69) is 11.3 Å². The van der Waals surface area contributed by atoms with Crippen molar-refractivity contribution in [3.05, 3.63) is 28.8 Å². The van der Waals surface area contributed by atoms with E-state index < -0.39 is 6.04 Å². The summed E-state index contributed by atoms with van der Waals surface area (Å²) in [6.07, 6.45) is 5.30. The van der Waals surface area contributed by atoms with Crippen LogP contribution in [0, 0.1) is 12.3 Å². The topological polar surface area (TPSA) is 47.3 Å². The molecule has 3 N–H and O–H groups in total. The molecule has 1 atom stereocenters. The molecule has 74 valence electrons. The van der Waals surface area contributed by atoms with E-state index in [-0.39, 0.29) is 0 Å². The first-order valence-electron chi connectivity index (χ1n) is 3.98. The average Bonchev–Trinajstić information content (AvgIpc) is 2.20. The summed E-state index contributed by atoms with van der Waals surface area (Å²) in [5, 5.41) is 0.594. The highest BCUT2D eigenvalue weighted by Gasteiger charge is 2.12. The zero-order chi connectivity index (χ0) is 10.6. The quantitative estimate of drug-likeness (QED) is 0.452. The fourth-order valence-electron chi connectivity index (χ4n) is 1.16. The van der Waals surface area contributed by atoms with Gasteiger partial charge in [0.1, 0.15) is 11.8 Å². The second-order valence-corrected chi connectivity index (χ2v) is 3.09. The van der Waals surface area contributed by atoms with Gasteiger partial charge in [-0.1, -0.05) is 17.5 Å². The highest BCUT2D eigenvalue weighted by Crippen LogP contribution is 2.27. The maximum absolute atomic E-state index is 5.84. The second-order valence-electron chi connectivity index (χ2n) is 2.65. The van der Waals surface area contributed by atoms with Crippen molar-refractivity contribution in [3.8, 4) is 18.1 Å². The molecule has 0 bridgehead atoms. The van der Waals surface area contributed by atoms with Crippen molar-refractivity contribution in [2.45, 2.75) is 6.04 Å². The van der Waals surface area contributed by atoms with Crippen LogP contribution < -0.4 is 16.0 Å². The standard InChI is InChI=1S/C10H11ClN2O/c1-3-9(13-12)8-6-7(11)4-5-10(8)14-2/h1,4-6,9,13H,12H2,2H3. The lowest BCUT2D eigenvalue weighted by molar-refractivity contribution is 0.405. The fourth-order valence-corrected chi connectivity index (χ4v) is 1.34. The molecule has 0 aliphatic rings. The number of terminal acetylenes is 1. The summed E-state index contributed by atoms with van der Waals surface area (Å²) in [6.45, 7) is 0. The normalized spacial score (nSPS) is 11.9. The highest BCUT2D eigenvalue weighted by molar-refractivity contribution is 6.30. The summed E-state index contributed by atoms with van der Waals surface area (Å²) in [7, 11) is 1.57. The molecule has 0 spiro atoms. The van der Waals surface area contributed by atoms with Crippen LogP contribution in [0.5, 0.6) is 5.75 Å². The van der Waals surface area contributed by atoms with E-state index in [1.54, 1.807) is 25.3 Å². The molecular weight excluding hydrogens is 200 g/mol. The van der Waals surface area contributed by atoms with Crippen molar-refractivity contribution in [2.75, 3.05) is 7.11 Å². The van der Waals surface area contributed by atoms with Gasteiger partial charge in [-0.05, 0) is 18.2 Å². The summed E-state index contributed by atoms with van der Waals surface area (Å²) < 4.78 is 5.14. The van der Waals surface area contributed by atoms with Gasteiger partial charge in [-0.3, -0.25) is 5.84 Å². The van der Waals surface area contributed by atoms with Gasteiger partial charge in [0, 0.05) is 10.6 Å². The lowest BCUT2D eigenvalue weighted by atomic mass is 10.1. The molecule has 0 aliphatic heterocycles. The fraction of sp³-hybridized carbons (Fsp3) is 0.200. The van der Waals surface area contributed by atoms with Gasteiger partial charge in [-0.25, -0.2) is 5.43 Å². The van der Waals surface area contributed by atoms with Gasteiger partial charge in [0.2, 0.25) is 0 Å². The van der Waals surface area contributed by atoms with Gasteiger partial charge in [0.05, 0.1) is 7.11 Å². The molecule has 0 radical (unpaired) electrons. The summed E-state index contributed by atoms with van der Waals surface area (Å²) in [6, 6.07) is 4.81. The zero-order valence-corrected chi connectivity index (χ0v) is 8.51. The monoisotopic (exact) mass is 210 g/mol. The van der Waals surface area contributed by atoms with Crippen LogP contribution in [0.25, 0.3) is 0 Å². The zero-order valence-electron chi connectivity index (χ0n) is 7.75. The number of ether oxygens (including phenoxy) is 1. The van der Waals surface area contributed by atoms with Crippen molar-refractivity contribution in [2.24, 2.45) is 5.84 Å². The van der Waals surface area contributed by atoms with Crippen LogP contribution in [0.3, 0.4) is 0 Å². The molecule has 0 fully saturated rings. The van der Waals surface area contributed by atoms with Gasteiger partial charge in [-0.15, -0.1) is 6.42 Å². The Morgan fingerprint density at radius 3 is 2.86 bits per heavy atom. The van der Waals surface area contributed by atoms with Crippen LogP contribution >= 0.6 is 11.6 Å². The SMILES string of the molecule is C#CC(NN)c1cc(Cl)ccc1OC. The van der Waals surface area contributed by atoms with Gasteiger partial charge in [-0.2, -0.15) is 0 Å². The number of hydrogen-bond donors (Lipinski definition) is 2. The summed E-state index contributed by atoms with van der Waals surface area (Å²) in [5.41, 5.74) is 3.25. The summed E-state index contributed by atoms with van der Waals surface area (Å²) in [5.74, 6) is 8.46. The number of hydrazine groups is 1. The Balaban J connectivity index is 3.16. The Bertz CT molecular complexity index is 360. The van der Waals surface area contributed by atoms with E-state index in [4.69, 9.17) is 28.6 Å². The summed E-state index contributed by atoms with van der Waals surface area (Å²) in [4.78, 5) is 0. The molecule has 4 heteroatoms. The smallest absolute Gasteiger partial charge is 0.124 e. The molecule has 0 heterocycles. The third kappa shape index (κ3) is 2.18. The molecule has 0 saturated carbocycles. The first-order valence-corrected chi connectivity index (χ1v) is 4.36. The van der Waals surface area contributed by atoms with Crippen LogP contribution in [0.4, 0.5) is 0 Å². The van der Waals surface area contributed by atoms with E-state index in [1.165, 1.54) is 0 Å². The Kier molecular flexibility index (Phi) is 3.78. The minimum absolute atomic E-state index is 0.399. The van der Waals surface area contributed by atoms with Crippen molar-refractivity contribution in [3.63, 3.8) is 0 Å². The molecule has 1 aromatic carbocycles. The Morgan fingerprint density at radius 2 is 2.36 bits per heavy atom. The van der Waals surface area contributed by atoms with Crippen molar-refractivity contribution in [1.82, 2.24) is 5.43 Å². The van der Waals surface area contributed by atoms with Crippen molar-refractivity contribution in [1.29, 1.82) is 0 Å². The second kappa shape index (κ2) is 4.87. The molecule has 1 unspecified atom stereocenters. The molecule has 14 heavy (non-hydrogen) atoms. The number of rotatable bonds is 3. The largest absolute Gasteiger partial charge is 0.496 e. The van der Waals surface area contributed by atoms with Gasteiger partial charge >= 0.3 is 0 Å². The van der Waals surface area contributed by atoms with E-state index in [0.29, 0.717) is 10.8 Å². The Hall–Kier alpha value is -1.21. The average molecular weight is 211 g/mol. The lowest BCUT2D eigenvalue weighted by Gasteiger charge is -2.13. The molecular formula is C10H11ClN2O. The molecule has 0 aliphatic carbocycles. The lowest BCUT2D eigenvalue weighted by Crippen LogP contribution is -2.27. The first-order chi connectivity index (χ1) is 6.72. The number of nitrogens with two attached hydrogens (primary N) is 1. The maximum atomic E-state index is 5.84. The molecule has 0 aromatic heterocycles. The minimum Gasteiger partial charge on any atom is -0.496 e. The Labute approximate surface area is 88.2 Å². The third-order valence-electron chi connectivity index (χ3n) is 1.84. The highest BCUT2D eigenvalue weighted by atomic mass is 35.5. The summed E-state index contributed by atoms with van der Waals surface area (Å²) >= 11 is 5.84. The van der Waals surface area contributed by atoms with Crippen LogP contribution in [0.2, 0.25) is 5.02 Å². The van der Waals surface area contributed by atoms with Crippen LogP contribution in [-0.4, -0.2) is 7.11 Å². The molecule has 1 aromatic rings. The predicted molar refractivity (Wildman–Crippen MR) is 56.9 cm³/mol. The maximum Gasteiger partial charge on any atom is 0.124 e. The van der Waals surface area contributed by atoms with E-state index >= 15 is 0 Å². The van der Waals surface area contributed by atoms with Gasteiger partial charge < -0.3 is 4.74 Å². The van der Waals surface area contributed by atoms with Gasteiger partial charge in [0.15, 0.2) is 0 Å². The number of methoxy groups -OCH3 is 1. The van der Waals surface area contributed by atoms with Crippen LogP contribution in [0.15, 0.2) is 18.2 Å². The number of nitrogens with one attached hydrogen (secondary N) is 1. The van der Waals surface area contributed by atoms with Crippen LogP contribution in [-0.2, 0) is 0 Å². The number of benzene rings is 1. The van der Waals surface area contributed by atoms with Crippen molar-refractivity contribution < 1.29 is 4.74 Å². The van der Waals surface area contributed by atoms with Crippen LogP contribution in [0.1, 0.15) is 11.6 Å². The van der Waals surface area contributed by atoms with E-state index in [0.717, 1.165) is 5.56 Å². The van der Waals surface area contributed by atoms with Crippen molar-refractivity contribution >= 4 is 11.6 Å².